The zero-order valence-corrected chi connectivity index (χ0v) is 16.5. The first-order valence-electron chi connectivity index (χ1n) is 7.77. The Morgan fingerprint density at radius 2 is 2.14 bits per heavy atom. The van der Waals surface area contributed by atoms with Gasteiger partial charge in [-0.25, -0.2) is 9.98 Å². The molecule has 0 aliphatic heterocycles. The van der Waals surface area contributed by atoms with E-state index in [4.69, 9.17) is 4.74 Å². The van der Waals surface area contributed by atoms with Crippen LogP contribution in [0.3, 0.4) is 0 Å². The second kappa shape index (κ2) is 12.7. The topological polar surface area (TPSA) is 63.5 Å². The average molecular weight is 423 g/mol. The molecule has 0 atom stereocenters. The first-order valence-corrected chi connectivity index (χ1v) is 7.77. The molecule has 1 aromatic heterocycles. The van der Waals surface area contributed by atoms with Crippen LogP contribution in [0.15, 0.2) is 17.4 Å². The molecule has 0 aliphatic rings. The molecule has 0 aromatic carbocycles. The third-order valence-electron chi connectivity index (χ3n) is 2.83. The molecule has 7 heteroatoms. The average Bonchev–Trinajstić information content (AvgIpc) is 2.87. The van der Waals surface area contributed by atoms with Gasteiger partial charge in [-0.15, -0.1) is 24.0 Å². The highest BCUT2D eigenvalue weighted by Gasteiger charge is 2.04. The van der Waals surface area contributed by atoms with E-state index in [2.05, 4.69) is 45.9 Å². The number of nitrogens with zero attached hydrogens (tertiary/aromatic N) is 3. The van der Waals surface area contributed by atoms with Crippen LogP contribution in [-0.2, 0) is 17.8 Å². The molecule has 0 unspecified atom stereocenters. The van der Waals surface area contributed by atoms with Crippen molar-refractivity contribution in [3.8, 4) is 0 Å². The normalized spacial score (nSPS) is 11.4. The molecular formula is C15H30IN5O. The molecule has 1 rings (SSSR count). The molecule has 0 amide bonds. The van der Waals surface area contributed by atoms with Crippen LogP contribution in [0, 0.1) is 5.92 Å². The third kappa shape index (κ3) is 8.57. The Hall–Kier alpha value is -0.830. The Kier molecular flexibility index (Phi) is 12.2. The van der Waals surface area contributed by atoms with Crippen LogP contribution in [0.2, 0.25) is 0 Å². The Morgan fingerprint density at radius 3 is 2.77 bits per heavy atom. The molecule has 0 saturated carbocycles. The Morgan fingerprint density at radius 1 is 1.36 bits per heavy atom. The first-order chi connectivity index (χ1) is 10.2. The van der Waals surface area contributed by atoms with Crippen LogP contribution < -0.4 is 10.6 Å². The minimum Gasteiger partial charge on any atom is -0.380 e. The van der Waals surface area contributed by atoms with Gasteiger partial charge in [0.25, 0.3) is 0 Å². The number of aromatic nitrogens is 2. The van der Waals surface area contributed by atoms with Crippen LogP contribution in [-0.4, -0.2) is 41.8 Å². The summed E-state index contributed by atoms with van der Waals surface area (Å²) in [5.74, 6) is 2.39. The van der Waals surface area contributed by atoms with Crippen molar-refractivity contribution < 1.29 is 4.74 Å². The van der Waals surface area contributed by atoms with Crippen LogP contribution in [0.25, 0.3) is 0 Å². The van der Waals surface area contributed by atoms with E-state index in [-0.39, 0.29) is 24.0 Å². The number of hydrogen-bond acceptors (Lipinski definition) is 3. The van der Waals surface area contributed by atoms with E-state index in [0.29, 0.717) is 19.1 Å². The van der Waals surface area contributed by atoms with Gasteiger partial charge in [-0.3, -0.25) is 0 Å². The van der Waals surface area contributed by atoms with Gasteiger partial charge < -0.3 is 19.9 Å². The monoisotopic (exact) mass is 423 g/mol. The van der Waals surface area contributed by atoms with Crippen molar-refractivity contribution in [2.75, 3.05) is 26.3 Å². The van der Waals surface area contributed by atoms with Gasteiger partial charge in [0.1, 0.15) is 12.4 Å². The summed E-state index contributed by atoms with van der Waals surface area (Å²) in [6, 6.07) is 0. The molecule has 1 aromatic rings. The summed E-state index contributed by atoms with van der Waals surface area (Å²) in [5, 5.41) is 6.48. The predicted octanol–water partition coefficient (Wildman–Crippen LogP) is 2.25. The largest absolute Gasteiger partial charge is 0.380 e. The molecule has 0 bridgehead atoms. The number of imidazole rings is 1. The highest BCUT2D eigenvalue weighted by atomic mass is 127. The number of nitrogens with one attached hydrogen (secondary N) is 2. The Bertz CT molecular complexity index is 420. The van der Waals surface area contributed by atoms with Crippen molar-refractivity contribution in [1.82, 2.24) is 20.2 Å². The fourth-order valence-electron chi connectivity index (χ4n) is 1.93. The van der Waals surface area contributed by atoms with Gasteiger partial charge in [0.05, 0.1) is 6.61 Å². The number of halogens is 1. The SMILES string of the molecule is CCNC(=NCc1nccn1CC(C)C)NCCOCC.I. The maximum absolute atomic E-state index is 5.31. The van der Waals surface area contributed by atoms with Crippen molar-refractivity contribution in [1.29, 1.82) is 0 Å². The smallest absolute Gasteiger partial charge is 0.191 e. The van der Waals surface area contributed by atoms with E-state index in [9.17, 15) is 0 Å². The molecule has 0 saturated heterocycles. The quantitative estimate of drug-likeness (QED) is 0.277. The van der Waals surface area contributed by atoms with Crippen molar-refractivity contribution in [3.63, 3.8) is 0 Å². The van der Waals surface area contributed by atoms with Gasteiger partial charge in [0, 0.05) is 38.6 Å². The van der Waals surface area contributed by atoms with Crippen LogP contribution >= 0.6 is 24.0 Å². The summed E-state index contributed by atoms with van der Waals surface area (Å²) >= 11 is 0. The molecule has 0 spiro atoms. The molecule has 6 nitrogen and oxygen atoms in total. The van der Waals surface area contributed by atoms with Crippen LogP contribution in [0.5, 0.6) is 0 Å². The van der Waals surface area contributed by atoms with E-state index in [1.54, 1.807) is 0 Å². The zero-order chi connectivity index (χ0) is 15.5. The summed E-state index contributed by atoms with van der Waals surface area (Å²) in [4.78, 5) is 8.96. The minimum absolute atomic E-state index is 0. The summed E-state index contributed by atoms with van der Waals surface area (Å²) < 4.78 is 7.48. The molecule has 128 valence electrons. The number of hydrogen-bond donors (Lipinski definition) is 2. The second-order valence-electron chi connectivity index (χ2n) is 5.21. The minimum atomic E-state index is 0. The lowest BCUT2D eigenvalue weighted by Gasteiger charge is -2.12. The summed E-state index contributed by atoms with van der Waals surface area (Å²) in [6.45, 7) is 13.0. The lowest BCUT2D eigenvalue weighted by molar-refractivity contribution is 0.152. The molecule has 0 radical (unpaired) electrons. The highest BCUT2D eigenvalue weighted by Crippen LogP contribution is 2.04. The van der Waals surface area contributed by atoms with E-state index >= 15 is 0 Å². The maximum Gasteiger partial charge on any atom is 0.191 e. The van der Waals surface area contributed by atoms with Crippen molar-refractivity contribution >= 4 is 29.9 Å². The second-order valence-corrected chi connectivity index (χ2v) is 5.21. The predicted molar refractivity (Wildman–Crippen MR) is 102 cm³/mol. The van der Waals surface area contributed by atoms with Crippen molar-refractivity contribution in [3.05, 3.63) is 18.2 Å². The molecular weight excluding hydrogens is 393 g/mol. The van der Waals surface area contributed by atoms with Crippen molar-refractivity contribution in [2.24, 2.45) is 10.9 Å². The van der Waals surface area contributed by atoms with E-state index in [0.717, 1.165) is 38.0 Å². The van der Waals surface area contributed by atoms with E-state index < -0.39 is 0 Å². The van der Waals surface area contributed by atoms with Gasteiger partial charge in [0.15, 0.2) is 5.96 Å². The van der Waals surface area contributed by atoms with Gasteiger partial charge in [-0.05, 0) is 19.8 Å². The first kappa shape index (κ1) is 21.2. The lowest BCUT2D eigenvalue weighted by Crippen LogP contribution is -2.39. The zero-order valence-electron chi connectivity index (χ0n) is 14.1. The fraction of sp³-hybridized carbons (Fsp3) is 0.733. The summed E-state index contributed by atoms with van der Waals surface area (Å²) in [5.41, 5.74) is 0. The number of ether oxygens (including phenoxy) is 1. The molecule has 22 heavy (non-hydrogen) atoms. The summed E-state index contributed by atoms with van der Waals surface area (Å²) in [7, 11) is 0. The number of aliphatic imine (C=N–C) groups is 1. The van der Waals surface area contributed by atoms with Crippen molar-refractivity contribution in [2.45, 2.75) is 40.8 Å². The van der Waals surface area contributed by atoms with Gasteiger partial charge in [0.2, 0.25) is 0 Å². The molecule has 0 fully saturated rings. The van der Waals surface area contributed by atoms with E-state index in [1.807, 2.05) is 19.3 Å². The lowest BCUT2D eigenvalue weighted by atomic mass is 10.2. The van der Waals surface area contributed by atoms with Gasteiger partial charge in [-0.2, -0.15) is 0 Å². The van der Waals surface area contributed by atoms with Gasteiger partial charge in [-0.1, -0.05) is 13.8 Å². The molecule has 1 heterocycles. The standard InChI is InChI=1S/C15H29N5O.HI/c1-5-16-15(18-8-10-21-6-2)19-11-14-17-7-9-20(14)12-13(3)4;/h7,9,13H,5-6,8,10-12H2,1-4H3,(H2,16,18,19);1H. The highest BCUT2D eigenvalue weighted by molar-refractivity contribution is 14.0. The Balaban J connectivity index is 0.00000441. The third-order valence-corrected chi connectivity index (χ3v) is 2.83. The van der Waals surface area contributed by atoms with Crippen LogP contribution in [0.4, 0.5) is 0 Å². The van der Waals surface area contributed by atoms with Gasteiger partial charge >= 0.3 is 0 Å². The maximum atomic E-state index is 5.31. The van der Waals surface area contributed by atoms with Crippen LogP contribution in [0.1, 0.15) is 33.5 Å². The Labute approximate surface area is 151 Å². The van der Waals surface area contributed by atoms with E-state index in [1.165, 1.54) is 0 Å². The summed E-state index contributed by atoms with van der Waals surface area (Å²) in [6.07, 6.45) is 3.85. The fourth-order valence-corrected chi connectivity index (χ4v) is 1.93. The number of rotatable bonds is 9. The molecule has 0 aliphatic carbocycles. The number of guanidine groups is 1. The molecule has 2 N–H and O–H groups in total.